The molecule has 0 aromatic rings. The largest absolute Gasteiger partial charge is 0.505 e. The number of hydrogen-bond donors (Lipinski definition) is 3. The third-order valence-corrected chi connectivity index (χ3v) is 0.602. The maximum atomic E-state index is 9.60. The summed E-state index contributed by atoms with van der Waals surface area (Å²) in [6.45, 7) is -0.188. The third-order valence-electron chi connectivity index (χ3n) is 0.602. The van der Waals surface area contributed by atoms with Gasteiger partial charge in [0.1, 0.15) is 0 Å². The van der Waals surface area contributed by atoms with Gasteiger partial charge in [0.05, 0.1) is 6.61 Å². The number of hydrogen-bond acceptors (Lipinski definition) is 4. The fourth-order valence-corrected chi connectivity index (χ4v) is 0.252. The van der Waals surface area contributed by atoms with Gasteiger partial charge in [-0.05, 0) is 0 Å². The van der Waals surface area contributed by atoms with E-state index >= 15 is 0 Å². The van der Waals surface area contributed by atoms with Crippen molar-refractivity contribution in [2.45, 2.75) is 12.7 Å². The molecular formula is C4H8O5. The van der Waals surface area contributed by atoms with E-state index in [2.05, 4.69) is 4.74 Å². The average molecular weight is 136 g/mol. The fraction of sp³-hybridized carbons (Fsp3) is 0.750. The molecule has 0 aromatic heterocycles. The molecule has 3 N–H and O–H groups in total. The van der Waals surface area contributed by atoms with Crippen LogP contribution in [0.2, 0.25) is 0 Å². The van der Waals surface area contributed by atoms with E-state index in [0.29, 0.717) is 0 Å². The predicted octanol–water partition coefficient (Wildman–Crippen LogP) is -0.618. The van der Waals surface area contributed by atoms with Crippen LogP contribution in [0.3, 0.4) is 0 Å². The number of ether oxygens (including phenoxy) is 1. The van der Waals surface area contributed by atoms with Crippen LogP contribution >= 0.6 is 0 Å². The lowest BCUT2D eigenvalue weighted by molar-refractivity contribution is -0.0569. The number of aliphatic hydroxyl groups excluding tert-OH is 1. The summed E-state index contributed by atoms with van der Waals surface area (Å²) in [7, 11) is 0. The molecule has 0 aromatic carbocycles. The van der Waals surface area contributed by atoms with Crippen molar-refractivity contribution < 1.29 is 24.9 Å². The maximum Gasteiger partial charge on any atom is 0.505 e. The molecule has 0 saturated heterocycles. The molecule has 0 bridgehead atoms. The molecule has 0 amide bonds. The lowest BCUT2D eigenvalue weighted by Crippen LogP contribution is -2.10. The summed E-state index contributed by atoms with van der Waals surface area (Å²) < 4.78 is 3.95. The third kappa shape index (κ3) is 7.19. The second-order valence-electron chi connectivity index (χ2n) is 1.38. The Hall–Kier alpha value is -0.810. The highest BCUT2D eigenvalue weighted by molar-refractivity contribution is 5.56. The highest BCUT2D eigenvalue weighted by atomic mass is 16.7. The van der Waals surface area contributed by atoms with Gasteiger partial charge < -0.3 is 20.1 Å². The van der Waals surface area contributed by atoms with E-state index in [1.54, 1.807) is 0 Å². The first-order valence-corrected chi connectivity index (χ1v) is 2.35. The SMILES string of the molecule is O=C(O)OCCC(O)O. The Balaban J connectivity index is 3.01. The minimum absolute atomic E-state index is 0.0910. The molecule has 9 heavy (non-hydrogen) atoms. The van der Waals surface area contributed by atoms with Crippen molar-refractivity contribution >= 4 is 6.16 Å². The molecule has 0 spiro atoms. The Labute approximate surface area is 51.5 Å². The van der Waals surface area contributed by atoms with E-state index in [4.69, 9.17) is 15.3 Å². The van der Waals surface area contributed by atoms with Crippen molar-refractivity contribution in [2.24, 2.45) is 0 Å². The molecular weight excluding hydrogens is 128 g/mol. The smallest absolute Gasteiger partial charge is 0.450 e. The average Bonchev–Trinajstić information content (AvgIpc) is 1.63. The zero-order valence-corrected chi connectivity index (χ0v) is 4.65. The lowest BCUT2D eigenvalue weighted by atomic mass is 10.4. The van der Waals surface area contributed by atoms with Crippen molar-refractivity contribution in [1.82, 2.24) is 0 Å². The number of carboxylic acid groups (broad SMARTS) is 1. The van der Waals surface area contributed by atoms with Crippen molar-refractivity contribution in [2.75, 3.05) is 6.61 Å². The van der Waals surface area contributed by atoms with Gasteiger partial charge >= 0.3 is 6.16 Å². The van der Waals surface area contributed by atoms with Gasteiger partial charge in [0.15, 0.2) is 6.29 Å². The van der Waals surface area contributed by atoms with E-state index in [0.717, 1.165) is 0 Å². The molecule has 5 nitrogen and oxygen atoms in total. The van der Waals surface area contributed by atoms with Gasteiger partial charge in [-0.25, -0.2) is 4.79 Å². The standard InChI is InChI=1S/C4H8O5/c5-3(6)1-2-9-4(7)8/h3,5-6H,1-2H2,(H,7,8). The Morgan fingerprint density at radius 3 is 2.44 bits per heavy atom. The molecule has 0 aliphatic rings. The fourth-order valence-electron chi connectivity index (χ4n) is 0.252. The monoisotopic (exact) mass is 136 g/mol. The Morgan fingerprint density at radius 1 is 1.56 bits per heavy atom. The van der Waals surface area contributed by atoms with Gasteiger partial charge in [-0.15, -0.1) is 0 Å². The first-order chi connectivity index (χ1) is 4.13. The molecule has 54 valence electrons. The first-order valence-electron chi connectivity index (χ1n) is 2.35. The normalized spacial score (nSPS) is 9.67. The van der Waals surface area contributed by atoms with Crippen LogP contribution in [0.25, 0.3) is 0 Å². The second kappa shape index (κ2) is 4.11. The van der Waals surface area contributed by atoms with Crippen LogP contribution in [-0.2, 0) is 4.74 Å². The molecule has 0 atom stereocenters. The summed E-state index contributed by atoms with van der Waals surface area (Å²) in [6, 6.07) is 0. The molecule has 0 fully saturated rings. The van der Waals surface area contributed by atoms with Crippen LogP contribution in [0.15, 0.2) is 0 Å². The second-order valence-corrected chi connectivity index (χ2v) is 1.38. The summed E-state index contributed by atoms with van der Waals surface area (Å²) in [5.41, 5.74) is 0. The molecule has 0 aliphatic heterocycles. The summed E-state index contributed by atoms with van der Waals surface area (Å²) in [5, 5.41) is 24.1. The van der Waals surface area contributed by atoms with E-state index in [-0.39, 0.29) is 13.0 Å². The van der Waals surface area contributed by atoms with Gasteiger partial charge in [0.25, 0.3) is 0 Å². The highest BCUT2D eigenvalue weighted by Gasteiger charge is 1.99. The predicted molar refractivity (Wildman–Crippen MR) is 26.8 cm³/mol. The van der Waals surface area contributed by atoms with Crippen molar-refractivity contribution in [3.05, 3.63) is 0 Å². The van der Waals surface area contributed by atoms with Crippen LogP contribution in [0.1, 0.15) is 6.42 Å². The van der Waals surface area contributed by atoms with E-state index in [1.807, 2.05) is 0 Å². The zero-order chi connectivity index (χ0) is 7.28. The zero-order valence-electron chi connectivity index (χ0n) is 4.65. The molecule has 0 unspecified atom stereocenters. The van der Waals surface area contributed by atoms with Crippen LogP contribution < -0.4 is 0 Å². The van der Waals surface area contributed by atoms with Gasteiger partial charge in [-0.1, -0.05) is 0 Å². The van der Waals surface area contributed by atoms with Gasteiger partial charge in [-0.3, -0.25) is 0 Å². The number of carbonyl (C=O) groups is 1. The Kier molecular flexibility index (Phi) is 3.74. The highest BCUT2D eigenvalue weighted by Crippen LogP contribution is 1.86. The molecule has 0 saturated carbocycles. The van der Waals surface area contributed by atoms with E-state index in [1.165, 1.54) is 0 Å². The molecule has 0 heterocycles. The quantitative estimate of drug-likeness (QED) is 0.355. The molecule has 0 radical (unpaired) electrons. The van der Waals surface area contributed by atoms with Gasteiger partial charge in [0.2, 0.25) is 0 Å². The number of aliphatic hydroxyl groups is 2. The Morgan fingerprint density at radius 2 is 2.11 bits per heavy atom. The van der Waals surface area contributed by atoms with Gasteiger partial charge in [0, 0.05) is 6.42 Å². The van der Waals surface area contributed by atoms with Gasteiger partial charge in [-0.2, -0.15) is 0 Å². The van der Waals surface area contributed by atoms with Crippen LogP contribution in [0.5, 0.6) is 0 Å². The first kappa shape index (κ1) is 8.19. The summed E-state index contributed by atoms with van der Waals surface area (Å²) in [4.78, 5) is 9.60. The van der Waals surface area contributed by atoms with Crippen LogP contribution in [-0.4, -0.2) is 34.4 Å². The van der Waals surface area contributed by atoms with E-state index < -0.39 is 12.4 Å². The van der Waals surface area contributed by atoms with Crippen molar-refractivity contribution in [1.29, 1.82) is 0 Å². The number of rotatable bonds is 3. The maximum absolute atomic E-state index is 9.60. The topological polar surface area (TPSA) is 87.0 Å². The molecule has 5 heteroatoms. The van der Waals surface area contributed by atoms with Crippen molar-refractivity contribution in [3.63, 3.8) is 0 Å². The molecule has 0 rings (SSSR count). The van der Waals surface area contributed by atoms with Crippen LogP contribution in [0, 0.1) is 0 Å². The Bertz CT molecular complexity index is 89.0. The van der Waals surface area contributed by atoms with Crippen LogP contribution in [0.4, 0.5) is 4.79 Å². The summed E-state index contributed by atoms with van der Waals surface area (Å²) in [6.07, 6.45) is -2.99. The minimum atomic E-state index is -1.50. The van der Waals surface area contributed by atoms with Crippen molar-refractivity contribution in [3.8, 4) is 0 Å². The van der Waals surface area contributed by atoms with E-state index in [9.17, 15) is 4.79 Å². The summed E-state index contributed by atoms with van der Waals surface area (Å²) >= 11 is 0. The molecule has 0 aliphatic carbocycles. The minimum Gasteiger partial charge on any atom is -0.450 e. The lowest BCUT2D eigenvalue weighted by Gasteiger charge is -2.00. The summed E-state index contributed by atoms with van der Waals surface area (Å²) in [5.74, 6) is 0.